The lowest BCUT2D eigenvalue weighted by atomic mass is 9.96. The molecule has 4 rings (SSSR count). The van der Waals surface area contributed by atoms with Crippen molar-refractivity contribution in [2.24, 2.45) is 5.92 Å². The standard InChI is InChI=1S/C36H54N4O7S/c1-25-14-17-31(18-15-25)48(44,45)39(5)23-34-26(2)22-40(27(3)24-41)35(42)32-21-30(38-36(43)37-29-12-7-6-8-13-29)16-19-33(32)47-28(4)11-9-10-20-46-34/h14-19,21,26-29,34,41H,6-13,20,22-24H2,1-5H3,(H2,37,38,43)/t26-,27-,28-,34-/m1/s1. The second-order valence-corrected chi connectivity index (χ2v) is 15.6. The number of ether oxygens (including phenoxy) is 2. The Morgan fingerprint density at radius 1 is 1.04 bits per heavy atom. The number of carbonyl (C=O) groups is 2. The van der Waals surface area contributed by atoms with Gasteiger partial charge in [0.1, 0.15) is 5.75 Å². The van der Waals surface area contributed by atoms with E-state index in [-0.39, 0.29) is 60.2 Å². The molecule has 266 valence electrons. The number of aryl methyl sites for hydroxylation is 1. The molecule has 0 aromatic heterocycles. The monoisotopic (exact) mass is 686 g/mol. The lowest BCUT2D eigenvalue weighted by Crippen LogP contribution is -2.48. The van der Waals surface area contributed by atoms with Crippen LogP contribution < -0.4 is 15.4 Å². The summed E-state index contributed by atoms with van der Waals surface area (Å²) in [6, 6.07) is 11.1. The van der Waals surface area contributed by atoms with Gasteiger partial charge in [0, 0.05) is 44.4 Å². The summed E-state index contributed by atoms with van der Waals surface area (Å²) in [7, 11) is -2.23. The van der Waals surface area contributed by atoms with Crippen LogP contribution in [0.3, 0.4) is 0 Å². The van der Waals surface area contributed by atoms with E-state index < -0.39 is 22.2 Å². The molecule has 3 N–H and O–H groups in total. The minimum Gasteiger partial charge on any atom is -0.490 e. The molecule has 48 heavy (non-hydrogen) atoms. The third-order valence-electron chi connectivity index (χ3n) is 9.42. The van der Waals surface area contributed by atoms with Crippen LogP contribution in [0.1, 0.15) is 88.1 Å². The first-order valence-corrected chi connectivity index (χ1v) is 18.8. The zero-order chi connectivity index (χ0) is 34.8. The molecule has 3 amide bonds. The number of sulfonamides is 1. The van der Waals surface area contributed by atoms with Gasteiger partial charge in [0.25, 0.3) is 5.91 Å². The van der Waals surface area contributed by atoms with Crippen LogP contribution in [0.2, 0.25) is 0 Å². The Bertz CT molecular complexity index is 1460. The number of likely N-dealkylation sites (N-methyl/N-ethyl adjacent to an activating group) is 1. The van der Waals surface area contributed by atoms with Crippen molar-refractivity contribution in [2.45, 2.75) is 108 Å². The molecule has 0 spiro atoms. The van der Waals surface area contributed by atoms with Gasteiger partial charge < -0.3 is 30.1 Å². The van der Waals surface area contributed by atoms with Gasteiger partial charge in [0.15, 0.2) is 0 Å². The van der Waals surface area contributed by atoms with E-state index in [2.05, 4.69) is 10.6 Å². The summed E-state index contributed by atoms with van der Waals surface area (Å²) in [5.74, 6) is -0.256. The van der Waals surface area contributed by atoms with Crippen molar-refractivity contribution in [1.82, 2.24) is 14.5 Å². The molecule has 4 atom stereocenters. The summed E-state index contributed by atoms with van der Waals surface area (Å²) >= 11 is 0. The van der Waals surface area contributed by atoms with Crippen molar-refractivity contribution in [3.8, 4) is 5.75 Å². The van der Waals surface area contributed by atoms with Gasteiger partial charge in [-0.2, -0.15) is 4.31 Å². The highest BCUT2D eigenvalue weighted by Gasteiger charge is 2.32. The quantitative estimate of drug-likeness (QED) is 0.331. The number of carbonyl (C=O) groups excluding carboxylic acids is 2. The van der Waals surface area contributed by atoms with Gasteiger partial charge in [0.2, 0.25) is 10.0 Å². The van der Waals surface area contributed by atoms with Gasteiger partial charge >= 0.3 is 6.03 Å². The highest BCUT2D eigenvalue weighted by atomic mass is 32.2. The SMILES string of the molecule is Cc1ccc(S(=O)(=O)N(C)C[C@H]2OCCCC[C@@H](C)Oc3ccc(NC(=O)NC4CCCCC4)cc3C(=O)N([C@H](C)CO)C[C@H]2C)cc1. The first-order valence-electron chi connectivity index (χ1n) is 17.3. The molecule has 2 aromatic rings. The molecule has 0 saturated heterocycles. The number of benzene rings is 2. The molecule has 1 aliphatic carbocycles. The Morgan fingerprint density at radius 3 is 2.42 bits per heavy atom. The van der Waals surface area contributed by atoms with E-state index in [0.29, 0.717) is 18.0 Å². The van der Waals surface area contributed by atoms with Crippen LogP contribution >= 0.6 is 0 Å². The van der Waals surface area contributed by atoms with Crippen LogP contribution in [0, 0.1) is 12.8 Å². The van der Waals surface area contributed by atoms with Crippen LogP contribution in [-0.4, -0.2) is 92.3 Å². The fourth-order valence-electron chi connectivity index (χ4n) is 6.30. The van der Waals surface area contributed by atoms with Crippen LogP contribution in [0.4, 0.5) is 10.5 Å². The van der Waals surface area contributed by atoms with E-state index in [1.807, 2.05) is 20.8 Å². The maximum absolute atomic E-state index is 14.4. The Hall–Kier alpha value is -3.19. The van der Waals surface area contributed by atoms with Crippen molar-refractivity contribution >= 4 is 27.6 Å². The Morgan fingerprint density at radius 2 is 1.73 bits per heavy atom. The number of urea groups is 1. The largest absolute Gasteiger partial charge is 0.490 e. The molecule has 11 nitrogen and oxygen atoms in total. The second-order valence-electron chi connectivity index (χ2n) is 13.5. The normalized spacial score (nSPS) is 22.7. The highest BCUT2D eigenvalue weighted by Crippen LogP contribution is 2.29. The van der Waals surface area contributed by atoms with Gasteiger partial charge in [-0.25, -0.2) is 13.2 Å². The van der Waals surface area contributed by atoms with Crippen LogP contribution in [0.5, 0.6) is 5.75 Å². The van der Waals surface area contributed by atoms with E-state index >= 15 is 0 Å². The summed E-state index contributed by atoms with van der Waals surface area (Å²) in [6.07, 6.45) is 6.85. The number of aliphatic hydroxyl groups excluding tert-OH is 1. The number of fused-ring (bicyclic) bond motifs is 1. The number of nitrogens with one attached hydrogen (secondary N) is 2. The lowest BCUT2D eigenvalue weighted by Gasteiger charge is -2.35. The average Bonchev–Trinajstić information content (AvgIpc) is 3.06. The van der Waals surface area contributed by atoms with Crippen LogP contribution in [0.25, 0.3) is 0 Å². The predicted octanol–water partition coefficient (Wildman–Crippen LogP) is 5.57. The zero-order valence-electron chi connectivity index (χ0n) is 29.1. The van der Waals surface area contributed by atoms with Gasteiger partial charge in [-0.15, -0.1) is 0 Å². The number of anilines is 1. The van der Waals surface area contributed by atoms with Crippen molar-refractivity contribution in [3.63, 3.8) is 0 Å². The Balaban J connectivity index is 1.60. The van der Waals surface area contributed by atoms with Gasteiger partial charge in [-0.05, 0) is 83.2 Å². The van der Waals surface area contributed by atoms with Crippen molar-refractivity contribution in [3.05, 3.63) is 53.6 Å². The molecule has 0 unspecified atom stereocenters. The number of hydrogen-bond donors (Lipinski definition) is 3. The summed E-state index contributed by atoms with van der Waals surface area (Å²) in [5.41, 5.74) is 1.70. The molecule has 1 heterocycles. The molecule has 1 fully saturated rings. The predicted molar refractivity (Wildman–Crippen MR) is 187 cm³/mol. The number of nitrogens with zero attached hydrogens (tertiary/aromatic N) is 2. The number of amides is 3. The Kier molecular flexibility index (Phi) is 13.7. The topological polar surface area (TPSA) is 138 Å². The molecular formula is C36H54N4O7S. The molecule has 1 aliphatic heterocycles. The molecule has 0 bridgehead atoms. The third kappa shape index (κ3) is 10.2. The fourth-order valence-corrected chi connectivity index (χ4v) is 7.49. The lowest BCUT2D eigenvalue weighted by molar-refractivity contribution is -0.00833. The minimum atomic E-state index is -3.78. The number of aliphatic hydroxyl groups is 1. The molecule has 1 saturated carbocycles. The van der Waals surface area contributed by atoms with E-state index in [9.17, 15) is 23.1 Å². The maximum Gasteiger partial charge on any atom is 0.319 e. The van der Waals surface area contributed by atoms with E-state index in [1.165, 1.54) is 10.7 Å². The fraction of sp³-hybridized carbons (Fsp3) is 0.611. The van der Waals surface area contributed by atoms with Crippen molar-refractivity contribution < 1.29 is 32.6 Å². The van der Waals surface area contributed by atoms with Crippen molar-refractivity contribution in [1.29, 1.82) is 0 Å². The second kappa shape index (κ2) is 17.5. The number of hydrogen-bond acceptors (Lipinski definition) is 7. The van der Waals surface area contributed by atoms with Gasteiger partial charge in [0.05, 0.1) is 35.3 Å². The van der Waals surface area contributed by atoms with E-state index in [4.69, 9.17) is 9.47 Å². The maximum atomic E-state index is 14.4. The first kappa shape index (κ1) is 37.6. The number of rotatable bonds is 8. The first-order chi connectivity index (χ1) is 22.9. The van der Waals surface area contributed by atoms with E-state index in [0.717, 1.165) is 50.5 Å². The molecule has 0 radical (unpaired) electrons. The van der Waals surface area contributed by atoms with Crippen LogP contribution in [-0.2, 0) is 14.8 Å². The summed E-state index contributed by atoms with van der Waals surface area (Å²) < 4.78 is 40.9. The highest BCUT2D eigenvalue weighted by molar-refractivity contribution is 7.89. The average molecular weight is 687 g/mol. The Labute approximate surface area is 286 Å². The minimum absolute atomic E-state index is 0.0905. The molecular weight excluding hydrogens is 632 g/mol. The summed E-state index contributed by atoms with van der Waals surface area (Å²) in [5, 5.41) is 16.2. The van der Waals surface area contributed by atoms with E-state index in [1.54, 1.807) is 61.3 Å². The molecule has 2 aliphatic rings. The smallest absolute Gasteiger partial charge is 0.319 e. The zero-order valence-corrected chi connectivity index (χ0v) is 29.9. The molecule has 12 heteroatoms. The van der Waals surface area contributed by atoms with Crippen LogP contribution in [0.15, 0.2) is 47.4 Å². The third-order valence-corrected chi connectivity index (χ3v) is 11.3. The summed E-state index contributed by atoms with van der Waals surface area (Å²) in [4.78, 5) is 29.0. The van der Waals surface area contributed by atoms with Gasteiger partial charge in [-0.1, -0.05) is 43.9 Å². The molecule has 2 aromatic carbocycles. The van der Waals surface area contributed by atoms with Gasteiger partial charge in [-0.3, -0.25) is 4.79 Å². The summed E-state index contributed by atoms with van der Waals surface area (Å²) in [6.45, 7) is 7.99. The van der Waals surface area contributed by atoms with Crippen molar-refractivity contribution in [2.75, 3.05) is 38.7 Å².